The molecule has 0 unspecified atom stereocenters. The number of aromatic nitrogens is 3. The highest BCUT2D eigenvalue weighted by molar-refractivity contribution is 7.18. The lowest BCUT2D eigenvalue weighted by Gasteiger charge is -2.24. The highest BCUT2D eigenvalue weighted by atomic mass is 32.1. The third-order valence-electron chi connectivity index (χ3n) is 5.72. The second-order valence-electron chi connectivity index (χ2n) is 9.30. The quantitative estimate of drug-likeness (QED) is 0.361. The van der Waals surface area contributed by atoms with Gasteiger partial charge in [-0.05, 0) is 63.4 Å². The second-order valence-corrected chi connectivity index (χ2v) is 10.4. The summed E-state index contributed by atoms with van der Waals surface area (Å²) in [5.41, 5.74) is 1.86. The second kappa shape index (κ2) is 10.5. The van der Waals surface area contributed by atoms with E-state index in [1.54, 1.807) is 20.8 Å². The lowest BCUT2D eigenvalue weighted by atomic mass is 9.99. The maximum Gasteiger partial charge on any atom is 0.413 e. The lowest BCUT2D eigenvalue weighted by molar-refractivity contribution is -0.147. The molecular formula is C24H28N6O5S. The topological polar surface area (TPSA) is 155 Å². The number of hydrogen-bond acceptors (Lipinski definition) is 9. The Hall–Kier alpha value is -3.64. The molecule has 4 N–H and O–H groups in total. The summed E-state index contributed by atoms with van der Waals surface area (Å²) >= 11 is 1.48. The van der Waals surface area contributed by atoms with Crippen LogP contribution < -0.4 is 16.0 Å². The zero-order chi connectivity index (χ0) is 25.9. The van der Waals surface area contributed by atoms with E-state index in [1.807, 2.05) is 6.20 Å². The fraction of sp³-hybridized carbons (Fsp3) is 0.417. The molecule has 1 atom stereocenters. The number of fused-ring (bicyclic) bond motifs is 1. The van der Waals surface area contributed by atoms with Gasteiger partial charge in [0.1, 0.15) is 21.8 Å². The predicted molar refractivity (Wildman–Crippen MR) is 135 cm³/mol. The first kappa shape index (κ1) is 25.5. The smallest absolute Gasteiger partial charge is 0.413 e. The number of rotatable bonds is 6. The molecule has 4 rings (SSSR count). The van der Waals surface area contributed by atoms with Crippen molar-refractivity contribution in [2.45, 2.75) is 58.1 Å². The van der Waals surface area contributed by atoms with E-state index in [2.05, 4.69) is 32.0 Å². The molecule has 1 aliphatic rings. The molecule has 190 valence electrons. The van der Waals surface area contributed by atoms with Crippen LogP contribution in [0.5, 0.6) is 0 Å². The number of ether oxygens (including phenoxy) is 1. The summed E-state index contributed by atoms with van der Waals surface area (Å²) in [5, 5.41) is 17.8. The van der Waals surface area contributed by atoms with Crippen LogP contribution in [0.1, 0.15) is 55.3 Å². The van der Waals surface area contributed by atoms with Gasteiger partial charge in [0.2, 0.25) is 0 Å². The third kappa shape index (κ3) is 6.32. The number of aliphatic carboxylic acids is 1. The first-order valence-corrected chi connectivity index (χ1v) is 12.4. The molecule has 1 fully saturated rings. The van der Waals surface area contributed by atoms with E-state index in [9.17, 15) is 14.4 Å². The summed E-state index contributed by atoms with van der Waals surface area (Å²) in [6, 6.07) is 3.90. The van der Waals surface area contributed by atoms with Crippen LogP contribution in [0, 0.1) is 6.92 Å². The Kier molecular flexibility index (Phi) is 7.45. The van der Waals surface area contributed by atoms with Crippen molar-refractivity contribution in [3.05, 3.63) is 40.7 Å². The van der Waals surface area contributed by atoms with E-state index in [0.29, 0.717) is 18.0 Å². The number of carboxylic acid groups (broad SMARTS) is 1. The third-order valence-corrected chi connectivity index (χ3v) is 6.70. The molecule has 1 saturated heterocycles. The Morgan fingerprint density at radius 3 is 2.69 bits per heavy atom. The average Bonchev–Trinajstić information content (AvgIpc) is 3.21. The van der Waals surface area contributed by atoms with E-state index >= 15 is 0 Å². The van der Waals surface area contributed by atoms with Crippen molar-refractivity contribution in [1.29, 1.82) is 0 Å². The first-order valence-electron chi connectivity index (χ1n) is 11.6. The molecule has 3 aromatic heterocycles. The van der Waals surface area contributed by atoms with Gasteiger partial charge in [0.15, 0.2) is 0 Å². The average molecular weight is 513 g/mol. The molecule has 0 spiro atoms. The number of hydrogen-bond donors (Lipinski definition) is 4. The van der Waals surface area contributed by atoms with Crippen molar-refractivity contribution in [1.82, 2.24) is 20.3 Å². The number of aryl methyl sites for hydroxylation is 1. The van der Waals surface area contributed by atoms with Gasteiger partial charge in [0, 0.05) is 18.7 Å². The number of anilines is 2. The number of nitrogens with zero attached hydrogens (tertiary/aromatic N) is 3. The maximum absolute atomic E-state index is 12.6. The lowest BCUT2D eigenvalue weighted by Crippen LogP contribution is -2.33. The van der Waals surface area contributed by atoms with Crippen LogP contribution in [0.2, 0.25) is 0 Å². The molecule has 0 bridgehead atoms. The standard InChI is InChI=1S/C24H28N6O5S/c1-13-8-15(28-20(31)22(32)33)12-26-19(13)30-23(34)35-24(2,3)10-18-29-17-9-14(11-27-21(17)36-18)16-6-4-5-7-25-16/h8-9,11-12,16,25H,4-7,10H2,1-3H3,(H,28,31)(H,32,33)(H,26,30,34)/t16-/m0/s1. The van der Waals surface area contributed by atoms with Gasteiger partial charge in [-0.1, -0.05) is 17.8 Å². The normalized spacial score (nSPS) is 15.9. The van der Waals surface area contributed by atoms with Gasteiger partial charge in [0.25, 0.3) is 0 Å². The van der Waals surface area contributed by atoms with Crippen molar-refractivity contribution in [2.75, 3.05) is 17.2 Å². The maximum atomic E-state index is 12.6. The van der Waals surface area contributed by atoms with Crippen molar-refractivity contribution in [3.8, 4) is 0 Å². The van der Waals surface area contributed by atoms with Crippen LogP contribution >= 0.6 is 11.3 Å². The van der Waals surface area contributed by atoms with Crippen LogP contribution in [-0.2, 0) is 20.7 Å². The number of carbonyl (C=O) groups is 3. The number of carbonyl (C=O) groups excluding carboxylic acids is 2. The monoisotopic (exact) mass is 512 g/mol. The molecule has 0 saturated carbocycles. The Morgan fingerprint density at radius 1 is 1.19 bits per heavy atom. The van der Waals surface area contributed by atoms with Gasteiger partial charge >= 0.3 is 18.0 Å². The van der Waals surface area contributed by atoms with Crippen LogP contribution in [0.15, 0.2) is 24.5 Å². The Morgan fingerprint density at radius 2 is 2.00 bits per heavy atom. The zero-order valence-corrected chi connectivity index (χ0v) is 21.1. The minimum Gasteiger partial charge on any atom is -0.474 e. The zero-order valence-electron chi connectivity index (χ0n) is 20.3. The molecule has 3 aromatic rings. The molecule has 0 aromatic carbocycles. The van der Waals surface area contributed by atoms with Gasteiger partial charge in [-0.3, -0.25) is 10.1 Å². The number of amides is 2. The fourth-order valence-corrected chi connectivity index (χ4v) is 5.12. The molecule has 2 amide bonds. The molecular weight excluding hydrogens is 484 g/mol. The van der Waals surface area contributed by atoms with Gasteiger partial charge < -0.3 is 20.5 Å². The van der Waals surface area contributed by atoms with Gasteiger partial charge in [-0.15, -0.1) is 0 Å². The molecule has 0 aliphatic carbocycles. The van der Waals surface area contributed by atoms with Gasteiger partial charge in [0.05, 0.1) is 16.9 Å². The summed E-state index contributed by atoms with van der Waals surface area (Å²) in [6.07, 6.45) is 6.37. The van der Waals surface area contributed by atoms with Crippen molar-refractivity contribution >= 4 is 51.2 Å². The molecule has 0 radical (unpaired) electrons. The molecule has 4 heterocycles. The number of carboxylic acids is 1. The van der Waals surface area contributed by atoms with E-state index in [4.69, 9.17) is 14.8 Å². The summed E-state index contributed by atoms with van der Waals surface area (Å²) in [7, 11) is 0. The van der Waals surface area contributed by atoms with Gasteiger partial charge in [-0.25, -0.2) is 24.5 Å². The summed E-state index contributed by atoms with van der Waals surface area (Å²) in [4.78, 5) is 48.8. The Labute approximate surface area is 211 Å². The Bertz CT molecular complexity index is 1300. The van der Waals surface area contributed by atoms with E-state index in [1.165, 1.54) is 36.4 Å². The largest absolute Gasteiger partial charge is 0.474 e. The SMILES string of the molecule is Cc1cc(NC(=O)C(=O)O)cnc1NC(=O)OC(C)(C)Cc1nc2cc([C@@H]3CCCCN3)cnc2s1. The van der Waals surface area contributed by atoms with E-state index in [0.717, 1.165) is 33.9 Å². The number of nitrogens with one attached hydrogen (secondary N) is 3. The first-order chi connectivity index (χ1) is 17.1. The number of pyridine rings is 2. The van der Waals surface area contributed by atoms with E-state index in [-0.39, 0.29) is 11.5 Å². The van der Waals surface area contributed by atoms with Crippen molar-refractivity contribution in [2.24, 2.45) is 0 Å². The number of thiazole rings is 1. The molecule has 12 heteroatoms. The highest BCUT2D eigenvalue weighted by Crippen LogP contribution is 2.29. The van der Waals surface area contributed by atoms with Crippen molar-refractivity contribution in [3.63, 3.8) is 0 Å². The summed E-state index contributed by atoms with van der Waals surface area (Å²) in [6.45, 7) is 6.27. The Balaban J connectivity index is 1.37. The van der Waals surface area contributed by atoms with Crippen LogP contribution in [0.25, 0.3) is 10.3 Å². The van der Waals surface area contributed by atoms with Crippen molar-refractivity contribution < 1.29 is 24.2 Å². The minimum absolute atomic E-state index is 0.200. The fourth-order valence-electron chi connectivity index (χ4n) is 4.02. The number of piperidine rings is 1. The van der Waals surface area contributed by atoms with E-state index < -0.39 is 23.6 Å². The minimum atomic E-state index is -1.61. The molecule has 36 heavy (non-hydrogen) atoms. The molecule has 11 nitrogen and oxygen atoms in total. The highest BCUT2D eigenvalue weighted by Gasteiger charge is 2.26. The summed E-state index contributed by atoms with van der Waals surface area (Å²) in [5.74, 6) is -2.55. The predicted octanol–water partition coefficient (Wildman–Crippen LogP) is 3.80. The van der Waals surface area contributed by atoms with Crippen LogP contribution in [0.4, 0.5) is 16.3 Å². The molecule has 1 aliphatic heterocycles. The van der Waals surface area contributed by atoms with Crippen LogP contribution in [-0.4, -0.2) is 50.2 Å². The van der Waals surface area contributed by atoms with Gasteiger partial charge in [-0.2, -0.15) is 0 Å². The van der Waals surface area contributed by atoms with Crippen LogP contribution in [0.3, 0.4) is 0 Å². The summed E-state index contributed by atoms with van der Waals surface area (Å²) < 4.78 is 5.64.